The summed E-state index contributed by atoms with van der Waals surface area (Å²) in [4.78, 5) is 26.9. The molecule has 0 spiro atoms. The van der Waals surface area contributed by atoms with Crippen LogP contribution >= 0.6 is 0 Å². The number of hydrogen-bond donors (Lipinski definition) is 2. The van der Waals surface area contributed by atoms with Crippen LogP contribution in [0.15, 0.2) is 0 Å². The highest BCUT2D eigenvalue weighted by molar-refractivity contribution is 5.87. The van der Waals surface area contributed by atoms with E-state index in [0.717, 1.165) is 13.0 Å². The Balaban J connectivity index is 2.63. The number of urea groups is 1. The second kappa shape index (κ2) is 6.04. The predicted octanol–water partition coefficient (Wildman–Crippen LogP) is 0.587. The van der Waals surface area contributed by atoms with Crippen LogP contribution in [0.1, 0.15) is 26.2 Å². The third-order valence-electron chi connectivity index (χ3n) is 3.55. The molecule has 1 unspecified atom stereocenters. The number of carboxylic acid groups (broad SMARTS) is 1. The molecule has 0 aliphatic carbocycles. The maximum Gasteiger partial charge on any atom is 0.329 e. The molecule has 0 saturated carbocycles. The number of amides is 2. The van der Waals surface area contributed by atoms with Crippen LogP contribution < -0.4 is 5.32 Å². The number of carbonyl (C=O) groups is 2. The lowest BCUT2D eigenvalue weighted by molar-refractivity contribution is -0.148. The predicted molar refractivity (Wildman–Crippen MR) is 68.6 cm³/mol. The number of likely N-dealkylation sites (tertiary alicyclic amines) is 1. The van der Waals surface area contributed by atoms with Crippen molar-refractivity contribution in [3.8, 4) is 0 Å². The van der Waals surface area contributed by atoms with Crippen LogP contribution in [0.25, 0.3) is 0 Å². The van der Waals surface area contributed by atoms with E-state index in [2.05, 4.69) is 5.32 Å². The van der Waals surface area contributed by atoms with E-state index >= 15 is 0 Å². The summed E-state index contributed by atoms with van der Waals surface area (Å²) in [6.45, 7) is 3.61. The zero-order chi connectivity index (χ0) is 13.8. The van der Waals surface area contributed by atoms with Gasteiger partial charge in [0.25, 0.3) is 0 Å². The van der Waals surface area contributed by atoms with Gasteiger partial charge in [-0.3, -0.25) is 0 Å². The van der Waals surface area contributed by atoms with Gasteiger partial charge in [-0.15, -0.1) is 0 Å². The summed E-state index contributed by atoms with van der Waals surface area (Å²) in [5, 5.41) is 12.1. The van der Waals surface area contributed by atoms with E-state index in [0.29, 0.717) is 25.9 Å². The van der Waals surface area contributed by atoms with E-state index < -0.39 is 11.5 Å². The first-order valence-corrected chi connectivity index (χ1v) is 6.37. The molecular formula is C12H23N3O3. The molecule has 1 aliphatic rings. The minimum absolute atomic E-state index is 0.265. The van der Waals surface area contributed by atoms with Gasteiger partial charge in [0, 0.05) is 19.6 Å². The van der Waals surface area contributed by atoms with Crippen LogP contribution in [0.2, 0.25) is 0 Å². The molecule has 6 nitrogen and oxygen atoms in total. The molecule has 104 valence electrons. The van der Waals surface area contributed by atoms with Crippen LogP contribution in [-0.2, 0) is 4.79 Å². The van der Waals surface area contributed by atoms with Crippen molar-refractivity contribution in [2.75, 3.05) is 33.7 Å². The molecule has 18 heavy (non-hydrogen) atoms. The third kappa shape index (κ3) is 2.93. The third-order valence-corrected chi connectivity index (χ3v) is 3.55. The van der Waals surface area contributed by atoms with Gasteiger partial charge in [-0.25, -0.2) is 9.59 Å². The summed E-state index contributed by atoms with van der Waals surface area (Å²) in [5.41, 5.74) is -1.01. The SMILES string of the molecule is CCC1(C(=O)O)CCCN1C(=O)NCCN(C)C. The molecule has 0 bridgehead atoms. The van der Waals surface area contributed by atoms with Gasteiger partial charge in [0.1, 0.15) is 5.54 Å². The maximum absolute atomic E-state index is 12.0. The second-order valence-corrected chi connectivity index (χ2v) is 4.98. The second-order valence-electron chi connectivity index (χ2n) is 4.98. The minimum Gasteiger partial charge on any atom is -0.479 e. The van der Waals surface area contributed by atoms with Crippen molar-refractivity contribution < 1.29 is 14.7 Å². The lowest BCUT2D eigenvalue weighted by atomic mass is 9.93. The summed E-state index contributed by atoms with van der Waals surface area (Å²) in [5.74, 6) is -0.898. The zero-order valence-corrected chi connectivity index (χ0v) is 11.4. The molecule has 1 saturated heterocycles. The Morgan fingerprint density at radius 2 is 2.11 bits per heavy atom. The Bertz CT molecular complexity index is 320. The Kier molecular flexibility index (Phi) is 4.95. The van der Waals surface area contributed by atoms with Gasteiger partial charge in [0.15, 0.2) is 0 Å². The minimum atomic E-state index is -1.01. The highest BCUT2D eigenvalue weighted by Gasteiger charge is 2.48. The molecule has 1 aliphatic heterocycles. The van der Waals surface area contributed by atoms with Gasteiger partial charge < -0.3 is 20.2 Å². The fourth-order valence-corrected chi connectivity index (χ4v) is 2.40. The molecule has 0 aromatic carbocycles. The van der Waals surface area contributed by atoms with E-state index in [-0.39, 0.29) is 6.03 Å². The lowest BCUT2D eigenvalue weighted by Crippen LogP contribution is -2.56. The summed E-state index contributed by atoms with van der Waals surface area (Å²) in [6.07, 6.45) is 1.74. The van der Waals surface area contributed by atoms with Crippen LogP contribution in [0.5, 0.6) is 0 Å². The standard InChI is InChI=1S/C12H23N3O3/c1-4-12(10(16)17)6-5-8-15(12)11(18)13-7-9-14(2)3/h4-9H2,1-3H3,(H,13,18)(H,16,17). The van der Waals surface area contributed by atoms with Gasteiger partial charge in [0.2, 0.25) is 0 Å². The number of nitrogens with zero attached hydrogens (tertiary/aromatic N) is 2. The van der Waals surface area contributed by atoms with E-state index in [1.807, 2.05) is 25.9 Å². The largest absolute Gasteiger partial charge is 0.479 e. The summed E-state index contributed by atoms with van der Waals surface area (Å²) in [7, 11) is 3.85. The van der Waals surface area contributed by atoms with Gasteiger partial charge in [-0.2, -0.15) is 0 Å². The van der Waals surface area contributed by atoms with E-state index in [1.54, 1.807) is 0 Å². The average Bonchev–Trinajstić information content (AvgIpc) is 2.73. The number of rotatable bonds is 5. The van der Waals surface area contributed by atoms with Crippen molar-refractivity contribution in [1.29, 1.82) is 0 Å². The highest BCUT2D eigenvalue weighted by atomic mass is 16.4. The molecule has 2 amide bonds. The molecule has 6 heteroatoms. The van der Waals surface area contributed by atoms with Crippen molar-refractivity contribution in [2.45, 2.75) is 31.7 Å². The fraction of sp³-hybridized carbons (Fsp3) is 0.833. The van der Waals surface area contributed by atoms with E-state index in [4.69, 9.17) is 0 Å². The first kappa shape index (κ1) is 14.8. The number of aliphatic carboxylic acids is 1. The Hall–Kier alpha value is -1.30. The fourth-order valence-electron chi connectivity index (χ4n) is 2.40. The van der Waals surface area contributed by atoms with Crippen molar-refractivity contribution in [3.05, 3.63) is 0 Å². The highest BCUT2D eigenvalue weighted by Crippen LogP contribution is 2.32. The Morgan fingerprint density at radius 3 is 2.61 bits per heavy atom. The number of carbonyl (C=O) groups excluding carboxylic acids is 1. The van der Waals surface area contributed by atoms with Gasteiger partial charge in [0.05, 0.1) is 0 Å². The van der Waals surface area contributed by atoms with E-state index in [9.17, 15) is 14.7 Å². The lowest BCUT2D eigenvalue weighted by Gasteiger charge is -2.33. The molecule has 0 radical (unpaired) electrons. The first-order chi connectivity index (χ1) is 8.44. The van der Waals surface area contributed by atoms with Gasteiger partial charge in [-0.1, -0.05) is 6.92 Å². The van der Waals surface area contributed by atoms with Crippen LogP contribution in [0, 0.1) is 0 Å². The van der Waals surface area contributed by atoms with Crippen molar-refractivity contribution in [3.63, 3.8) is 0 Å². The van der Waals surface area contributed by atoms with E-state index in [1.165, 1.54) is 4.90 Å². The topological polar surface area (TPSA) is 72.9 Å². The molecule has 0 aromatic rings. The summed E-state index contributed by atoms with van der Waals surface area (Å²) >= 11 is 0. The number of likely N-dealkylation sites (N-methyl/N-ethyl adjacent to an activating group) is 1. The van der Waals surface area contributed by atoms with Crippen LogP contribution in [0.4, 0.5) is 4.79 Å². The maximum atomic E-state index is 12.0. The number of carboxylic acids is 1. The van der Waals surface area contributed by atoms with Crippen LogP contribution in [0.3, 0.4) is 0 Å². The monoisotopic (exact) mass is 257 g/mol. The molecule has 1 atom stereocenters. The average molecular weight is 257 g/mol. The Morgan fingerprint density at radius 1 is 1.44 bits per heavy atom. The molecule has 0 aromatic heterocycles. The first-order valence-electron chi connectivity index (χ1n) is 6.37. The van der Waals surface area contributed by atoms with Crippen LogP contribution in [-0.4, -0.2) is 66.2 Å². The molecule has 1 rings (SSSR count). The van der Waals surface area contributed by atoms with Crippen molar-refractivity contribution >= 4 is 12.0 Å². The number of hydrogen-bond acceptors (Lipinski definition) is 3. The summed E-state index contributed by atoms with van der Waals surface area (Å²) in [6, 6.07) is -0.265. The smallest absolute Gasteiger partial charge is 0.329 e. The van der Waals surface area contributed by atoms with Gasteiger partial charge >= 0.3 is 12.0 Å². The summed E-state index contributed by atoms with van der Waals surface area (Å²) < 4.78 is 0. The molecular weight excluding hydrogens is 234 g/mol. The Labute approximate surface area is 108 Å². The molecule has 2 N–H and O–H groups in total. The van der Waals surface area contributed by atoms with Crippen molar-refractivity contribution in [1.82, 2.24) is 15.1 Å². The number of nitrogens with one attached hydrogen (secondary N) is 1. The van der Waals surface area contributed by atoms with Crippen molar-refractivity contribution in [2.24, 2.45) is 0 Å². The molecule has 1 fully saturated rings. The quantitative estimate of drug-likeness (QED) is 0.756. The van der Waals surface area contributed by atoms with Gasteiger partial charge in [-0.05, 0) is 33.4 Å². The molecule has 1 heterocycles. The zero-order valence-electron chi connectivity index (χ0n) is 11.4. The normalized spacial score (nSPS) is 23.4.